The first-order chi connectivity index (χ1) is 11.3. The molecular weight excluding hydrogens is 352 g/mol. The Bertz CT molecular complexity index is 814. The van der Waals surface area contributed by atoms with Crippen LogP contribution in [-0.2, 0) is 24.8 Å². The molecule has 2 saturated heterocycles. The molecule has 0 spiro atoms. The number of ether oxygens (including phenoxy) is 1. The lowest BCUT2D eigenvalue weighted by atomic mass is 10.2. The molecule has 7 nitrogen and oxygen atoms in total. The smallest absolute Gasteiger partial charge is 0.243 e. The molecule has 0 aromatic heterocycles. The molecular formula is C15H22N2O5S2. The highest BCUT2D eigenvalue weighted by Crippen LogP contribution is 2.29. The maximum absolute atomic E-state index is 12.9. The summed E-state index contributed by atoms with van der Waals surface area (Å²) in [6, 6.07) is 4.84. The van der Waals surface area contributed by atoms with Gasteiger partial charge in [-0.2, -0.15) is 4.31 Å². The molecule has 24 heavy (non-hydrogen) atoms. The molecule has 134 valence electrons. The Kier molecular flexibility index (Phi) is 4.87. The van der Waals surface area contributed by atoms with Crippen LogP contribution in [0.1, 0.15) is 18.4 Å². The Morgan fingerprint density at radius 3 is 2.46 bits per heavy atom. The Balaban J connectivity index is 2.00. The van der Waals surface area contributed by atoms with Crippen LogP contribution in [-0.4, -0.2) is 59.7 Å². The SMILES string of the molecule is Cc1ccc(N2CCCCS2(=O)=O)cc1S(=O)(=O)N1CCOCC1. The van der Waals surface area contributed by atoms with E-state index in [-0.39, 0.29) is 10.6 Å². The molecule has 1 aromatic rings. The average molecular weight is 374 g/mol. The number of rotatable bonds is 3. The molecule has 1 aromatic carbocycles. The molecule has 3 rings (SSSR count). The lowest BCUT2D eigenvalue weighted by molar-refractivity contribution is 0.0730. The zero-order valence-electron chi connectivity index (χ0n) is 13.6. The summed E-state index contributed by atoms with van der Waals surface area (Å²) in [5.41, 5.74) is 1.03. The number of hydrogen-bond acceptors (Lipinski definition) is 5. The first-order valence-corrected chi connectivity index (χ1v) is 11.1. The molecule has 0 unspecified atom stereocenters. The van der Waals surface area contributed by atoms with Crippen molar-refractivity contribution in [2.24, 2.45) is 0 Å². The maximum atomic E-state index is 12.9. The minimum atomic E-state index is -3.66. The van der Waals surface area contributed by atoms with Gasteiger partial charge in [0.2, 0.25) is 20.0 Å². The quantitative estimate of drug-likeness (QED) is 0.786. The number of benzene rings is 1. The molecule has 0 radical (unpaired) electrons. The predicted molar refractivity (Wildman–Crippen MR) is 91.1 cm³/mol. The Labute approximate surface area is 143 Å². The fraction of sp³-hybridized carbons (Fsp3) is 0.600. The van der Waals surface area contributed by atoms with Gasteiger partial charge in [0.15, 0.2) is 0 Å². The van der Waals surface area contributed by atoms with Crippen molar-refractivity contribution in [1.82, 2.24) is 4.31 Å². The summed E-state index contributed by atoms with van der Waals surface area (Å²) in [4.78, 5) is 0.169. The van der Waals surface area contributed by atoms with Crippen LogP contribution in [0.2, 0.25) is 0 Å². The third kappa shape index (κ3) is 3.30. The monoisotopic (exact) mass is 374 g/mol. The molecule has 0 N–H and O–H groups in total. The number of sulfonamides is 2. The largest absolute Gasteiger partial charge is 0.379 e. The first-order valence-electron chi connectivity index (χ1n) is 8.01. The van der Waals surface area contributed by atoms with Crippen LogP contribution in [0.15, 0.2) is 23.1 Å². The van der Waals surface area contributed by atoms with E-state index in [4.69, 9.17) is 4.74 Å². The van der Waals surface area contributed by atoms with Gasteiger partial charge in [-0.3, -0.25) is 4.31 Å². The molecule has 0 aliphatic carbocycles. The van der Waals surface area contributed by atoms with E-state index in [9.17, 15) is 16.8 Å². The molecule has 2 aliphatic rings. The van der Waals surface area contributed by atoms with Gasteiger partial charge in [-0.15, -0.1) is 0 Å². The zero-order valence-corrected chi connectivity index (χ0v) is 15.3. The fourth-order valence-corrected chi connectivity index (χ4v) is 6.31. The van der Waals surface area contributed by atoms with Crippen LogP contribution in [0.4, 0.5) is 5.69 Å². The topological polar surface area (TPSA) is 84.0 Å². The molecule has 2 heterocycles. The highest BCUT2D eigenvalue weighted by atomic mass is 32.2. The maximum Gasteiger partial charge on any atom is 0.243 e. The van der Waals surface area contributed by atoms with E-state index in [1.165, 1.54) is 14.7 Å². The third-order valence-electron chi connectivity index (χ3n) is 4.40. The molecule has 2 aliphatic heterocycles. The van der Waals surface area contributed by atoms with Crippen molar-refractivity contribution >= 4 is 25.7 Å². The summed E-state index contributed by atoms with van der Waals surface area (Å²) in [5.74, 6) is 0.104. The van der Waals surface area contributed by atoms with Gasteiger partial charge in [0.1, 0.15) is 0 Å². The predicted octanol–water partition coefficient (Wildman–Crippen LogP) is 0.946. The van der Waals surface area contributed by atoms with E-state index in [0.717, 1.165) is 6.42 Å². The first kappa shape index (κ1) is 17.7. The second-order valence-electron chi connectivity index (χ2n) is 6.06. The highest BCUT2D eigenvalue weighted by molar-refractivity contribution is 7.92. The summed E-state index contributed by atoms with van der Waals surface area (Å²) in [5, 5.41) is 0. The van der Waals surface area contributed by atoms with E-state index >= 15 is 0 Å². The lowest BCUT2D eigenvalue weighted by Crippen LogP contribution is -2.41. The van der Waals surface area contributed by atoms with Gasteiger partial charge in [-0.1, -0.05) is 6.07 Å². The summed E-state index contributed by atoms with van der Waals surface area (Å²) < 4.78 is 58.3. The molecule has 9 heteroatoms. The molecule has 0 atom stereocenters. The van der Waals surface area contributed by atoms with E-state index in [1.54, 1.807) is 19.1 Å². The highest BCUT2D eigenvalue weighted by Gasteiger charge is 2.31. The van der Waals surface area contributed by atoms with E-state index < -0.39 is 20.0 Å². The Morgan fingerprint density at radius 1 is 1.08 bits per heavy atom. The van der Waals surface area contributed by atoms with Gasteiger partial charge in [-0.05, 0) is 37.5 Å². The van der Waals surface area contributed by atoms with Crippen LogP contribution < -0.4 is 4.31 Å². The van der Waals surface area contributed by atoms with Crippen molar-refractivity contribution in [3.8, 4) is 0 Å². The minimum absolute atomic E-state index is 0.104. The summed E-state index contributed by atoms with van der Waals surface area (Å²) in [6.45, 7) is 3.49. The second-order valence-corrected chi connectivity index (χ2v) is 9.98. The molecule has 0 amide bonds. The Morgan fingerprint density at radius 2 is 1.79 bits per heavy atom. The van der Waals surface area contributed by atoms with Crippen molar-refractivity contribution in [2.45, 2.75) is 24.7 Å². The number of anilines is 1. The van der Waals surface area contributed by atoms with Gasteiger partial charge < -0.3 is 4.74 Å². The van der Waals surface area contributed by atoms with Gasteiger partial charge >= 0.3 is 0 Å². The van der Waals surface area contributed by atoms with Crippen molar-refractivity contribution in [2.75, 3.05) is 42.9 Å². The summed E-state index contributed by atoms with van der Waals surface area (Å²) in [7, 11) is -7.03. The zero-order chi connectivity index (χ0) is 17.4. The van der Waals surface area contributed by atoms with E-state index in [1.807, 2.05) is 0 Å². The van der Waals surface area contributed by atoms with Crippen LogP contribution >= 0.6 is 0 Å². The summed E-state index contributed by atoms with van der Waals surface area (Å²) >= 11 is 0. The standard InChI is InChI=1S/C15H22N2O5S2/c1-13-4-5-14(17-6-2-3-11-23(17,18)19)12-15(13)24(20,21)16-7-9-22-10-8-16/h4-5,12H,2-3,6-11H2,1H3. The Hall–Kier alpha value is -1.16. The number of nitrogens with zero attached hydrogens (tertiary/aromatic N) is 2. The average Bonchev–Trinajstić information content (AvgIpc) is 2.56. The van der Waals surface area contributed by atoms with Crippen LogP contribution in [0.25, 0.3) is 0 Å². The van der Waals surface area contributed by atoms with Crippen LogP contribution in [0.3, 0.4) is 0 Å². The number of morpholine rings is 1. The van der Waals surface area contributed by atoms with Crippen molar-refractivity contribution in [1.29, 1.82) is 0 Å². The second kappa shape index (κ2) is 6.62. The van der Waals surface area contributed by atoms with Gasteiger partial charge in [0, 0.05) is 19.6 Å². The van der Waals surface area contributed by atoms with E-state index in [0.29, 0.717) is 50.5 Å². The van der Waals surface area contributed by atoms with E-state index in [2.05, 4.69) is 0 Å². The van der Waals surface area contributed by atoms with Gasteiger partial charge in [0.25, 0.3) is 0 Å². The minimum Gasteiger partial charge on any atom is -0.379 e. The lowest BCUT2D eigenvalue weighted by Gasteiger charge is -2.30. The van der Waals surface area contributed by atoms with Crippen LogP contribution in [0.5, 0.6) is 0 Å². The molecule has 0 bridgehead atoms. The van der Waals surface area contributed by atoms with Crippen molar-refractivity contribution in [3.63, 3.8) is 0 Å². The van der Waals surface area contributed by atoms with Crippen molar-refractivity contribution < 1.29 is 21.6 Å². The molecule has 0 saturated carbocycles. The number of hydrogen-bond donors (Lipinski definition) is 0. The normalized spacial score (nSPS) is 22.5. The third-order valence-corrected chi connectivity index (χ3v) is 8.31. The van der Waals surface area contributed by atoms with Crippen molar-refractivity contribution in [3.05, 3.63) is 23.8 Å². The fourth-order valence-electron chi connectivity index (χ4n) is 3.03. The molecule has 2 fully saturated rings. The van der Waals surface area contributed by atoms with Gasteiger partial charge in [-0.25, -0.2) is 16.8 Å². The number of aryl methyl sites for hydroxylation is 1. The van der Waals surface area contributed by atoms with Crippen LogP contribution in [0, 0.1) is 6.92 Å². The van der Waals surface area contributed by atoms with Gasteiger partial charge in [0.05, 0.1) is 29.5 Å². The summed E-state index contributed by atoms with van der Waals surface area (Å²) in [6.07, 6.45) is 1.42.